The van der Waals surface area contributed by atoms with E-state index in [-0.39, 0.29) is 19.2 Å². The molecule has 0 saturated carbocycles. The van der Waals surface area contributed by atoms with Crippen LogP contribution in [0.25, 0.3) is 0 Å². The average Bonchev–Trinajstić information content (AvgIpc) is 2.92. The maximum absolute atomic E-state index is 11.9. The Bertz CT molecular complexity index is 435. The number of carboxylic acids is 1. The molecule has 1 unspecified atom stereocenters. The van der Waals surface area contributed by atoms with Crippen molar-refractivity contribution in [3.63, 3.8) is 0 Å². The number of carboxylic acid groups (broad SMARTS) is 1. The van der Waals surface area contributed by atoms with Crippen molar-refractivity contribution in [1.82, 2.24) is 10.2 Å². The molecule has 1 saturated heterocycles. The van der Waals surface area contributed by atoms with Gasteiger partial charge in [-0.25, -0.2) is 9.59 Å². The summed E-state index contributed by atoms with van der Waals surface area (Å²) in [6.07, 6.45) is -0.132. The number of carbonyl (C=O) groups is 2. The molecule has 2 amide bonds. The molecule has 0 aliphatic carbocycles. The molecule has 19 heavy (non-hydrogen) atoms. The highest BCUT2D eigenvalue weighted by Gasteiger charge is 2.28. The zero-order chi connectivity index (χ0) is 13.7. The van der Waals surface area contributed by atoms with Crippen LogP contribution in [-0.2, 0) is 16.0 Å². The first kappa shape index (κ1) is 13.8. The molecule has 1 aliphatic heterocycles. The largest absolute Gasteiger partial charge is 0.479 e. The molecule has 0 spiro atoms. The monoisotopic (exact) mass is 284 g/mol. The summed E-state index contributed by atoms with van der Waals surface area (Å²) in [5.41, 5.74) is 0. The van der Waals surface area contributed by atoms with Crippen LogP contribution in [0.4, 0.5) is 4.79 Å². The summed E-state index contributed by atoms with van der Waals surface area (Å²) in [5.74, 6) is -1.03. The van der Waals surface area contributed by atoms with Crippen molar-refractivity contribution in [3.05, 3.63) is 22.4 Å². The highest BCUT2D eigenvalue weighted by atomic mass is 32.1. The first-order chi connectivity index (χ1) is 9.16. The Morgan fingerprint density at radius 2 is 2.42 bits per heavy atom. The minimum absolute atomic E-state index is 0.0974. The number of morpholine rings is 1. The lowest BCUT2D eigenvalue weighted by Gasteiger charge is -2.30. The third-order valence-electron chi connectivity index (χ3n) is 2.86. The van der Waals surface area contributed by atoms with Crippen LogP contribution in [0.5, 0.6) is 0 Å². The molecule has 1 aliphatic rings. The number of urea groups is 1. The number of aliphatic carboxylic acids is 1. The van der Waals surface area contributed by atoms with Gasteiger partial charge in [0.2, 0.25) is 0 Å². The fourth-order valence-corrected chi connectivity index (χ4v) is 2.55. The van der Waals surface area contributed by atoms with Gasteiger partial charge in [0, 0.05) is 18.0 Å². The van der Waals surface area contributed by atoms with Gasteiger partial charge in [-0.2, -0.15) is 0 Å². The van der Waals surface area contributed by atoms with Crippen molar-refractivity contribution in [2.75, 3.05) is 26.2 Å². The lowest BCUT2D eigenvalue weighted by atomic mass is 10.3. The van der Waals surface area contributed by atoms with Crippen LogP contribution < -0.4 is 5.32 Å². The minimum Gasteiger partial charge on any atom is -0.479 e. The Morgan fingerprint density at radius 3 is 3.11 bits per heavy atom. The van der Waals surface area contributed by atoms with E-state index in [1.54, 1.807) is 11.3 Å². The van der Waals surface area contributed by atoms with E-state index in [1.165, 1.54) is 9.78 Å². The molecule has 0 bridgehead atoms. The number of ether oxygens (including phenoxy) is 1. The molecular weight excluding hydrogens is 268 g/mol. The lowest BCUT2D eigenvalue weighted by molar-refractivity contribution is -0.154. The fraction of sp³-hybridized carbons (Fsp3) is 0.500. The van der Waals surface area contributed by atoms with Crippen LogP contribution in [0.2, 0.25) is 0 Å². The van der Waals surface area contributed by atoms with E-state index in [0.29, 0.717) is 13.1 Å². The third kappa shape index (κ3) is 3.93. The predicted octanol–water partition coefficient (Wildman–Crippen LogP) is 0.786. The van der Waals surface area contributed by atoms with E-state index in [9.17, 15) is 9.59 Å². The van der Waals surface area contributed by atoms with Gasteiger partial charge in [-0.3, -0.25) is 0 Å². The number of hydrogen-bond acceptors (Lipinski definition) is 4. The van der Waals surface area contributed by atoms with Gasteiger partial charge < -0.3 is 20.1 Å². The smallest absolute Gasteiger partial charge is 0.334 e. The van der Waals surface area contributed by atoms with E-state index in [0.717, 1.165) is 6.42 Å². The highest BCUT2D eigenvalue weighted by molar-refractivity contribution is 7.09. The molecule has 6 nitrogen and oxygen atoms in total. The molecule has 7 heteroatoms. The Morgan fingerprint density at radius 1 is 1.58 bits per heavy atom. The Kier molecular flexibility index (Phi) is 4.75. The molecule has 2 N–H and O–H groups in total. The molecule has 1 fully saturated rings. The van der Waals surface area contributed by atoms with Crippen LogP contribution in [0.1, 0.15) is 4.88 Å². The number of nitrogens with one attached hydrogen (secondary N) is 1. The zero-order valence-electron chi connectivity index (χ0n) is 10.4. The van der Waals surface area contributed by atoms with Gasteiger partial charge in [-0.05, 0) is 17.9 Å². The summed E-state index contributed by atoms with van der Waals surface area (Å²) >= 11 is 1.65. The van der Waals surface area contributed by atoms with Crippen molar-refractivity contribution >= 4 is 23.3 Å². The van der Waals surface area contributed by atoms with Crippen molar-refractivity contribution < 1.29 is 19.4 Å². The number of amides is 2. The molecule has 104 valence electrons. The number of rotatable bonds is 4. The van der Waals surface area contributed by atoms with E-state index in [1.807, 2.05) is 17.5 Å². The topological polar surface area (TPSA) is 78.9 Å². The van der Waals surface area contributed by atoms with Crippen molar-refractivity contribution in [3.8, 4) is 0 Å². The van der Waals surface area contributed by atoms with E-state index in [2.05, 4.69) is 5.32 Å². The predicted molar refractivity (Wildman–Crippen MR) is 70.4 cm³/mol. The molecule has 2 rings (SSSR count). The number of thiophene rings is 1. The second kappa shape index (κ2) is 6.53. The summed E-state index contributed by atoms with van der Waals surface area (Å²) in [7, 11) is 0. The van der Waals surface area contributed by atoms with Gasteiger partial charge in [0.1, 0.15) is 0 Å². The van der Waals surface area contributed by atoms with Gasteiger partial charge >= 0.3 is 12.0 Å². The first-order valence-corrected chi connectivity index (χ1v) is 6.94. The molecular formula is C12H16N2O4S. The summed E-state index contributed by atoms with van der Waals surface area (Å²) in [6.45, 7) is 1.33. The maximum Gasteiger partial charge on any atom is 0.334 e. The van der Waals surface area contributed by atoms with Gasteiger partial charge in [0.15, 0.2) is 6.10 Å². The first-order valence-electron chi connectivity index (χ1n) is 6.06. The zero-order valence-corrected chi connectivity index (χ0v) is 11.2. The molecule has 1 atom stereocenters. The highest BCUT2D eigenvalue weighted by Crippen LogP contribution is 2.09. The van der Waals surface area contributed by atoms with Crippen molar-refractivity contribution in [2.45, 2.75) is 12.5 Å². The van der Waals surface area contributed by atoms with E-state index < -0.39 is 12.1 Å². The number of carbonyl (C=O) groups excluding carboxylic acids is 1. The number of hydrogen-bond donors (Lipinski definition) is 2. The van der Waals surface area contributed by atoms with E-state index >= 15 is 0 Å². The Balaban J connectivity index is 1.74. The summed E-state index contributed by atoms with van der Waals surface area (Å²) < 4.78 is 5.06. The van der Waals surface area contributed by atoms with Crippen LogP contribution in [0.3, 0.4) is 0 Å². The van der Waals surface area contributed by atoms with Crippen LogP contribution >= 0.6 is 11.3 Å². The second-order valence-electron chi connectivity index (χ2n) is 4.20. The molecule has 0 aromatic carbocycles. The summed E-state index contributed by atoms with van der Waals surface area (Å²) in [4.78, 5) is 25.4. The quantitative estimate of drug-likeness (QED) is 0.856. The number of nitrogens with zero attached hydrogens (tertiary/aromatic N) is 1. The molecule has 0 radical (unpaired) electrons. The van der Waals surface area contributed by atoms with Crippen molar-refractivity contribution in [1.29, 1.82) is 0 Å². The van der Waals surface area contributed by atoms with Gasteiger partial charge in [-0.15, -0.1) is 11.3 Å². The van der Waals surface area contributed by atoms with Crippen molar-refractivity contribution in [2.24, 2.45) is 0 Å². The Labute approximate surface area is 115 Å². The summed E-state index contributed by atoms with van der Waals surface area (Å²) in [5, 5.41) is 13.6. The summed E-state index contributed by atoms with van der Waals surface area (Å²) in [6, 6.07) is 3.76. The SMILES string of the molecule is O=C(O)C1CN(C(=O)NCCc2cccs2)CCO1. The Hall–Kier alpha value is -1.60. The maximum atomic E-state index is 11.9. The average molecular weight is 284 g/mol. The van der Waals surface area contributed by atoms with Gasteiger partial charge in [-0.1, -0.05) is 6.07 Å². The molecule has 1 aromatic rings. The van der Waals surface area contributed by atoms with E-state index in [4.69, 9.17) is 9.84 Å². The van der Waals surface area contributed by atoms with Gasteiger partial charge in [0.05, 0.1) is 13.2 Å². The normalized spacial score (nSPS) is 19.2. The fourth-order valence-electron chi connectivity index (χ4n) is 1.84. The van der Waals surface area contributed by atoms with Crippen LogP contribution in [0, 0.1) is 0 Å². The van der Waals surface area contributed by atoms with Gasteiger partial charge in [0.25, 0.3) is 0 Å². The third-order valence-corrected chi connectivity index (χ3v) is 3.79. The second-order valence-corrected chi connectivity index (χ2v) is 5.24. The molecule has 2 heterocycles. The lowest BCUT2D eigenvalue weighted by Crippen LogP contribution is -2.52. The van der Waals surface area contributed by atoms with Crippen LogP contribution in [-0.4, -0.2) is 54.4 Å². The molecule has 1 aromatic heterocycles. The minimum atomic E-state index is -1.03. The standard InChI is InChI=1S/C12H16N2O4S/c15-11(16)10-8-14(5-6-18-10)12(17)13-4-3-9-2-1-7-19-9/h1-2,7,10H,3-6,8H2,(H,13,17)(H,15,16). The van der Waals surface area contributed by atoms with Crippen LogP contribution in [0.15, 0.2) is 17.5 Å².